The first kappa shape index (κ1) is 20.1. The maximum absolute atomic E-state index is 12.5. The van der Waals surface area contributed by atoms with Gasteiger partial charge in [0, 0.05) is 11.4 Å². The Morgan fingerprint density at radius 1 is 0.931 bits per heavy atom. The largest absolute Gasteiger partial charge is 0.382 e. The molecule has 0 fully saturated rings. The van der Waals surface area contributed by atoms with Crippen LogP contribution in [0.25, 0.3) is 0 Å². The van der Waals surface area contributed by atoms with Crippen LogP contribution in [0.2, 0.25) is 0 Å². The standard InChI is InChI=1S/C21H24N6O2/c1-12-6-8-16(15(4)9-12)24-21(29)19-20(22)27(26-25-19)11-18(28)23-17-10-13(2)5-7-14(17)3/h5-10H,11,22H2,1-4H3,(H,23,28)(H,24,29). The minimum atomic E-state index is -0.476. The Kier molecular flexibility index (Phi) is 5.63. The zero-order valence-electron chi connectivity index (χ0n) is 16.9. The maximum atomic E-state index is 12.5. The number of carbonyl (C=O) groups is 2. The Morgan fingerprint density at radius 3 is 2.34 bits per heavy atom. The number of nitrogens with one attached hydrogen (secondary N) is 2. The summed E-state index contributed by atoms with van der Waals surface area (Å²) in [5.74, 6) is -0.754. The van der Waals surface area contributed by atoms with Gasteiger partial charge in [0.25, 0.3) is 5.91 Å². The van der Waals surface area contributed by atoms with Crippen molar-refractivity contribution in [3.63, 3.8) is 0 Å². The Hall–Kier alpha value is -3.68. The first-order valence-corrected chi connectivity index (χ1v) is 9.19. The average molecular weight is 392 g/mol. The van der Waals surface area contributed by atoms with Gasteiger partial charge in [-0.15, -0.1) is 5.10 Å². The number of aromatic nitrogens is 3. The molecule has 0 saturated carbocycles. The summed E-state index contributed by atoms with van der Waals surface area (Å²) in [4.78, 5) is 24.9. The van der Waals surface area contributed by atoms with E-state index in [9.17, 15) is 9.59 Å². The monoisotopic (exact) mass is 392 g/mol. The van der Waals surface area contributed by atoms with Gasteiger partial charge in [-0.05, 0) is 56.5 Å². The molecule has 0 unspecified atom stereocenters. The number of hydrogen-bond acceptors (Lipinski definition) is 5. The fourth-order valence-electron chi connectivity index (χ4n) is 2.93. The second kappa shape index (κ2) is 8.14. The lowest BCUT2D eigenvalue weighted by Gasteiger charge is -2.10. The van der Waals surface area contributed by atoms with Gasteiger partial charge in [-0.25, -0.2) is 4.68 Å². The van der Waals surface area contributed by atoms with Crippen LogP contribution in [-0.2, 0) is 11.3 Å². The fourth-order valence-corrected chi connectivity index (χ4v) is 2.93. The number of hydrogen-bond donors (Lipinski definition) is 3. The van der Waals surface area contributed by atoms with Crippen LogP contribution in [0.1, 0.15) is 32.7 Å². The van der Waals surface area contributed by atoms with Crippen molar-refractivity contribution in [3.05, 3.63) is 64.3 Å². The van der Waals surface area contributed by atoms with E-state index in [1.807, 2.05) is 64.1 Å². The third-order valence-electron chi connectivity index (χ3n) is 4.58. The fraction of sp³-hybridized carbons (Fsp3) is 0.238. The number of amides is 2. The predicted molar refractivity (Wildman–Crippen MR) is 113 cm³/mol. The topological polar surface area (TPSA) is 115 Å². The van der Waals surface area contributed by atoms with Gasteiger partial charge in [-0.2, -0.15) is 0 Å². The summed E-state index contributed by atoms with van der Waals surface area (Å²) in [6.07, 6.45) is 0. The lowest BCUT2D eigenvalue weighted by atomic mass is 10.1. The maximum Gasteiger partial charge on any atom is 0.280 e. The number of anilines is 3. The van der Waals surface area contributed by atoms with E-state index in [1.165, 1.54) is 4.68 Å². The van der Waals surface area contributed by atoms with Crippen molar-refractivity contribution in [2.45, 2.75) is 34.2 Å². The van der Waals surface area contributed by atoms with Crippen LogP contribution >= 0.6 is 0 Å². The van der Waals surface area contributed by atoms with Gasteiger partial charge in [-0.3, -0.25) is 9.59 Å². The van der Waals surface area contributed by atoms with E-state index in [0.717, 1.165) is 27.9 Å². The highest BCUT2D eigenvalue weighted by Crippen LogP contribution is 2.19. The van der Waals surface area contributed by atoms with Crippen molar-refractivity contribution in [3.8, 4) is 0 Å². The summed E-state index contributed by atoms with van der Waals surface area (Å²) < 4.78 is 1.21. The molecule has 8 nitrogen and oxygen atoms in total. The number of benzene rings is 2. The number of nitrogens with two attached hydrogens (primary N) is 1. The Labute approximate surface area is 169 Å². The molecule has 29 heavy (non-hydrogen) atoms. The Balaban J connectivity index is 1.70. The summed E-state index contributed by atoms with van der Waals surface area (Å²) in [6, 6.07) is 11.5. The molecule has 2 amide bonds. The Morgan fingerprint density at radius 2 is 1.62 bits per heavy atom. The molecule has 0 saturated heterocycles. The summed E-state index contributed by atoms with van der Waals surface area (Å²) >= 11 is 0. The van der Waals surface area contributed by atoms with E-state index < -0.39 is 5.91 Å². The molecular formula is C21H24N6O2. The number of rotatable bonds is 5. The highest BCUT2D eigenvalue weighted by atomic mass is 16.2. The number of aryl methyl sites for hydroxylation is 4. The van der Waals surface area contributed by atoms with Crippen molar-refractivity contribution >= 4 is 29.0 Å². The number of nitrogen functional groups attached to an aromatic ring is 1. The Bertz CT molecular complexity index is 1090. The summed E-state index contributed by atoms with van der Waals surface area (Å²) in [7, 11) is 0. The van der Waals surface area contributed by atoms with Crippen LogP contribution in [0, 0.1) is 27.7 Å². The van der Waals surface area contributed by atoms with Crippen molar-refractivity contribution < 1.29 is 9.59 Å². The van der Waals surface area contributed by atoms with Gasteiger partial charge in [-0.1, -0.05) is 35.0 Å². The molecule has 0 radical (unpaired) electrons. The van der Waals surface area contributed by atoms with Crippen molar-refractivity contribution in [1.29, 1.82) is 0 Å². The highest BCUT2D eigenvalue weighted by molar-refractivity contribution is 6.06. The van der Waals surface area contributed by atoms with Crippen LogP contribution in [0.5, 0.6) is 0 Å². The minimum absolute atomic E-state index is 0.0236. The van der Waals surface area contributed by atoms with Gasteiger partial charge in [0.05, 0.1) is 0 Å². The molecule has 1 aromatic heterocycles. The normalized spacial score (nSPS) is 10.6. The SMILES string of the molecule is Cc1ccc(NC(=O)c2nnn(CC(=O)Nc3cc(C)ccc3C)c2N)c(C)c1. The smallest absolute Gasteiger partial charge is 0.280 e. The molecule has 0 spiro atoms. The van der Waals surface area contributed by atoms with E-state index in [1.54, 1.807) is 0 Å². The summed E-state index contributed by atoms with van der Waals surface area (Å²) in [6.45, 7) is 7.59. The van der Waals surface area contributed by atoms with Gasteiger partial charge in [0.1, 0.15) is 6.54 Å². The van der Waals surface area contributed by atoms with Crippen LogP contribution in [-0.4, -0.2) is 26.8 Å². The third kappa shape index (κ3) is 4.60. The molecule has 0 bridgehead atoms. The van der Waals surface area contributed by atoms with Gasteiger partial charge in [0.2, 0.25) is 5.91 Å². The summed E-state index contributed by atoms with van der Waals surface area (Å²) in [5, 5.41) is 13.3. The second-order valence-corrected chi connectivity index (χ2v) is 7.12. The van der Waals surface area contributed by atoms with Crippen molar-refractivity contribution in [2.75, 3.05) is 16.4 Å². The number of nitrogens with zero attached hydrogens (tertiary/aromatic N) is 3. The molecule has 2 aromatic carbocycles. The average Bonchev–Trinajstić information content (AvgIpc) is 3.01. The lowest BCUT2D eigenvalue weighted by Crippen LogP contribution is -2.22. The van der Waals surface area contributed by atoms with Crippen molar-refractivity contribution in [1.82, 2.24) is 15.0 Å². The molecule has 0 aliphatic rings. The van der Waals surface area contributed by atoms with E-state index in [-0.39, 0.29) is 24.0 Å². The first-order chi connectivity index (χ1) is 13.7. The van der Waals surface area contributed by atoms with Gasteiger partial charge >= 0.3 is 0 Å². The quantitative estimate of drug-likeness (QED) is 0.617. The molecule has 8 heteroatoms. The van der Waals surface area contributed by atoms with Crippen LogP contribution < -0.4 is 16.4 Å². The van der Waals surface area contributed by atoms with Crippen LogP contribution in [0.15, 0.2) is 36.4 Å². The third-order valence-corrected chi connectivity index (χ3v) is 4.58. The zero-order chi connectivity index (χ0) is 21.1. The predicted octanol–water partition coefficient (Wildman–Crippen LogP) is 2.98. The molecule has 0 aliphatic heterocycles. The molecule has 0 aliphatic carbocycles. The van der Waals surface area contributed by atoms with E-state index in [2.05, 4.69) is 20.9 Å². The van der Waals surface area contributed by atoms with Crippen molar-refractivity contribution in [2.24, 2.45) is 0 Å². The molecule has 150 valence electrons. The van der Waals surface area contributed by atoms with Crippen LogP contribution in [0.4, 0.5) is 17.2 Å². The second-order valence-electron chi connectivity index (χ2n) is 7.12. The van der Waals surface area contributed by atoms with Gasteiger partial charge in [0.15, 0.2) is 11.5 Å². The molecule has 0 atom stereocenters. The molecular weight excluding hydrogens is 368 g/mol. The van der Waals surface area contributed by atoms with Gasteiger partial charge < -0.3 is 16.4 Å². The minimum Gasteiger partial charge on any atom is -0.382 e. The zero-order valence-corrected chi connectivity index (χ0v) is 16.9. The highest BCUT2D eigenvalue weighted by Gasteiger charge is 2.20. The summed E-state index contributed by atoms with van der Waals surface area (Å²) in [5.41, 5.74) is 11.4. The van der Waals surface area contributed by atoms with E-state index >= 15 is 0 Å². The lowest BCUT2D eigenvalue weighted by molar-refractivity contribution is -0.116. The molecule has 1 heterocycles. The van der Waals surface area contributed by atoms with Crippen LogP contribution in [0.3, 0.4) is 0 Å². The van der Waals surface area contributed by atoms with E-state index in [0.29, 0.717) is 5.69 Å². The molecule has 3 rings (SSSR count). The van der Waals surface area contributed by atoms with E-state index in [4.69, 9.17) is 5.73 Å². The molecule has 4 N–H and O–H groups in total. The first-order valence-electron chi connectivity index (χ1n) is 9.19. The molecule has 3 aromatic rings. The number of carbonyl (C=O) groups excluding carboxylic acids is 2.